The summed E-state index contributed by atoms with van der Waals surface area (Å²) in [6.45, 7) is 5.81. The van der Waals surface area contributed by atoms with Gasteiger partial charge in [0, 0.05) is 31.3 Å². The molecule has 5 rings (SSSR count). The lowest BCUT2D eigenvalue weighted by atomic mass is 9.89. The van der Waals surface area contributed by atoms with Crippen LogP contribution >= 0.6 is 0 Å². The molecule has 1 N–H and O–H groups in total. The van der Waals surface area contributed by atoms with Gasteiger partial charge in [0.15, 0.2) is 0 Å². The number of alkyl halides is 1. The number of fused-ring (bicyclic) bond motifs is 2. The van der Waals surface area contributed by atoms with Gasteiger partial charge in [-0.2, -0.15) is 0 Å². The first kappa shape index (κ1) is 26.4. The minimum Gasteiger partial charge on any atom is -0.343 e. The quantitative estimate of drug-likeness (QED) is 0.599. The zero-order valence-corrected chi connectivity index (χ0v) is 22.5. The first-order valence-electron chi connectivity index (χ1n) is 13.9. The van der Waals surface area contributed by atoms with Crippen LogP contribution in [0, 0.1) is 5.92 Å². The highest BCUT2D eigenvalue weighted by Crippen LogP contribution is 2.40. The van der Waals surface area contributed by atoms with Crippen LogP contribution in [-0.4, -0.2) is 58.4 Å². The normalized spacial score (nSPS) is 27.4. The fourth-order valence-corrected chi connectivity index (χ4v) is 6.72. The van der Waals surface area contributed by atoms with Gasteiger partial charge < -0.3 is 15.1 Å². The molecule has 3 amide bonds. The number of benzene rings is 2. The molecule has 5 unspecified atom stereocenters. The number of likely N-dealkylation sites (tertiary alicyclic amines) is 1. The standard InChI is InChI=1S/C31H38FN3O3/c1-19(2)21-9-11-23(12-10-21)29(22-7-5-4-6-8-22)33-30(37)28-17-25(32)18-34(28)31(38)24-15-26-13-14-27(16-24)35(26)20(3)36/h4-12,19,24-29H,13-18H2,1-3H3,(H,33,37). The summed E-state index contributed by atoms with van der Waals surface area (Å²) in [6.07, 6.45) is 1.75. The van der Waals surface area contributed by atoms with E-state index in [0.717, 1.165) is 24.0 Å². The third kappa shape index (κ3) is 5.20. The summed E-state index contributed by atoms with van der Waals surface area (Å²) in [7, 11) is 0. The maximum atomic E-state index is 14.7. The van der Waals surface area contributed by atoms with E-state index in [2.05, 4.69) is 31.3 Å². The van der Waals surface area contributed by atoms with Crippen LogP contribution in [0.1, 0.15) is 81.5 Å². The monoisotopic (exact) mass is 519 g/mol. The van der Waals surface area contributed by atoms with Crippen molar-refractivity contribution < 1.29 is 18.8 Å². The number of carbonyl (C=O) groups is 3. The van der Waals surface area contributed by atoms with Crippen LogP contribution < -0.4 is 5.32 Å². The molecule has 3 aliphatic heterocycles. The molecule has 2 aromatic rings. The Bertz CT molecular complexity index is 1150. The molecule has 2 bridgehead atoms. The number of hydrogen-bond acceptors (Lipinski definition) is 3. The van der Waals surface area contributed by atoms with Crippen molar-refractivity contribution in [3.8, 4) is 0 Å². The number of nitrogens with one attached hydrogen (secondary N) is 1. The van der Waals surface area contributed by atoms with Gasteiger partial charge >= 0.3 is 0 Å². The summed E-state index contributed by atoms with van der Waals surface area (Å²) in [4.78, 5) is 42.8. The van der Waals surface area contributed by atoms with Gasteiger partial charge in [0.05, 0.1) is 12.6 Å². The lowest BCUT2D eigenvalue weighted by Gasteiger charge is -2.39. The second-order valence-corrected chi connectivity index (χ2v) is 11.5. The molecule has 5 atom stereocenters. The van der Waals surface area contributed by atoms with Gasteiger partial charge in [0.1, 0.15) is 12.2 Å². The van der Waals surface area contributed by atoms with Crippen molar-refractivity contribution >= 4 is 17.7 Å². The van der Waals surface area contributed by atoms with Crippen molar-refractivity contribution in [2.24, 2.45) is 5.92 Å². The predicted molar refractivity (Wildman–Crippen MR) is 144 cm³/mol. The van der Waals surface area contributed by atoms with E-state index in [4.69, 9.17) is 0 Å². The zero-order valence-electron chi connectivity index (χ0n) is 22.5. The molecule has 0 radical (unpaired) electrons. The highest BCUT2D eigenvalue weighted by Gasteiger charge is 2.48. The Balaban J connectivity index is 1.34. The summed E-state index contributed by atoms with van der Waals surface area (Å²) in [5.41, 5.74) is 3.08. The lowest BCUT2D eigenvalue weighted by molar-refractivity contribution is -0.146. The van der Waals surface area contributed by atoms with Crippen LogP contribution in [0.3, 0.4) is 0 Å². The fraction of sp³-hybridized carbons (Fsp3) is 0.516. The van der Waals surface area contributed by atoms with Crippen LogP contribution in [-0.2, 0) is 14.4 Å². The van der Waals surface area contributed by atoms with Crippen molar-refractivity contribution in [2.45, 2.75) is 89.1 Å². The van der Waals surface area contributed by atoms with Crippen LogP contribution in [0.2, 0.25) is 0 Å². The molecular formula is C31H38FN3O3. The van der Waals surface area contributed by atoms with E-state index in [9.17, 15) is 18.8 Å². The molecular weight excluding hydrogens is 481 g/mol. The van der Waals surface area contributed by atoms with E-state index in [0.29, 0.717) is 18.8 Å². The first-order chi connectivity index (χ1) is 18.2. The molecule has 3 aliphatic rings. The number of hydrogen-bond donors (Lipinski definition) is 1. The van der Waals surface area contributed by atoms with Crippen LogP contribution in [0.25, 0.3) is 0 Å². The maximum Gasteiger partial charge on any atom is 0.243 e. The van der Waals surface area contributed by atoms with E-state index < -0.39 is 18.3 Å². The van der Waals surface area contributed by atoms with Gasteiger partial charge in [-0.25, -0.2) is 4.39 Å². The molecule has 202 valence electrons. The SMILES string of the molecule is CC(=O)N1C2CCC1CC(C(=O)N1CC(F)CC1C(=O)NC(c1ccccc1)c1ccc(C(C)C)cc1)C2. The van der Waals surface area contributed by atoms with Gasteiger partial charge in [0.25, 0.3) is 0 Å². The Kier molecular flexibility index (Phi) is 7.55. The highest BCUT2D eigenvalue weighted by atomic mass is 19.1. The molecule has 38 heavy (non-hydrogen) atoms. The van der Waals surface area contributed by atoms with Crippen LogP contribution in [0.5, 0.6) is 0 Å². The van der Waals surface area contributed by atoms with Crippen LogP contribution in [0.15, 0.2) is 54.6 Å². The smallest absolute Gasteiger partial charge is 0.243 e. The molecule has 3 fully saturated rings. The Labute approximate surface area is 224 Å². The summed E-state index contributed by atoms with van der Waals surface area (Å²) in [5, 5.41) is 3.15. The van der Waals surface area contributed by atoms with Gasteiger partial charge in [-0.15, -0.1) is 0 Å². The molecule has 0 aromatic heterocycles. The summed E-state index contributed by atoms with van der Waals surface area (Å²) in [5.74, 6) is -0.311. The van der Waals surface area contributed by atoms with E-state index in [1.54, 1.807) is 6.92 Å². The first-order valence-corrected chi connectivity index (χ1v) is 13.9. The largest absolute Gasteiger partial charge is 0.343 e. The minimum atomic E-state index is -1.23. The Morgan fingerprint density at radius 3 is 2.03 bits per heavy atom. The maximum absolute atomic E-state index is 14.7. The number of nitrogens with zero attached hydrogens (tertiary/aromatic N) is 2. The van der Waals surface area contributed by atoms with E-state index >= 15 is 0 Å². The number of rotatable bonds is 6. The average Bonchev–Trinajstić information content (AvgIpc) is 3.43. The van der Waals surface area contributed by atoms with Gasteiger partial charge in [-0.05, 0) is 48.3 Å². The third-order valence-corrected chi connectivity index (χ3v) is 8.64. The van der Waals surface area contributed by atoms with Crippen molar-refractivity contribution in [3.05, 3.63) is 71.3 Å². The fourth-order valence-electron chi connectivity index (χ4n) is 6.72. The second kappa shape index (κ2) is 10.9. The summed E-state index contributed by atoms with van der Waals surface area (Å²) >= 11 is 0. The Hall–Kier alpha value is -3.22. The lowest BCUT2D eigenvalue weighted by Crippen LogP contribution is -2.52. The summed E-state index contributed by atoms with van der Waals surface area (Å²) < 4.78 is 14.7. The van der Waals surface area contributed by atoms with Crippen molar-refractivity contribution in [1.29, 1.82) is 0 Å². The van der Waals surface area contributed by atoms with Crippen molar-refractivity contribution in [2.75, 3.05) is 6.54 Å². The van der Waals surface area contributed by atoms with Gasteiger partial charge in [-0.3, -0.25) is 14.4 Å². The topological polar surface area (TPSA) is 69.7 Å². The highest BCUT2D eigenvalue weighted by molar-refractivity contribution is 5.90. The minimum absolute atomic E-state index is 0.00448. The predicted octanol–water partition coefficient (Wildman–Crippen LogP) is 4.74. The molecule has 0 spiro atoms. The number of halogens is 1. The molecule has 0 saturated carbocycles. The van der Waals surface area contributed by atoms with E-state index in [1.807, 2.05) is 47.4 Å². The molecule has 7 heteroatoms. The molecule has 0 aliphatic carbocycles. The van der Waals surface area contributed by atoms with Crippen molar-refractivity contribution in [3.63, 3.8) is 0 Å². The molecule has 6 nitrogen and oxygen atoms in total. The third-order valence-electron chi connectivity index (χ3n) is 8.64. The average molecular weight is 520 g/mol. The zero-order chi connectivity index (χ0) is 27.0. The number of carbonyl (C=O) groups excluding carboxylic acids is 3. The Morgan fingerprint density at radius 2 is 1.45 bits per heavy atom. The second-order valence-electron chi connectivity index (χ2n) is 11.5. The van der Waals surface area contributed by atoms with E-state index in [-0.39, 0.29) is 48.7 Å². The molecule has 3 heterocycles. The van der Waals surface area contributed by atoms with Crippen molar-refractivity contribution in [1.82, 2.24) is 15.1 Å². The van der Waals surface area contributed by atoms with Crippen LogP contribution in [0.4, 0.5) is 4.39 Å². The molecule has 2 aromatic carbocycles. The molecule has 3 saturated heterocycles. The van der Waals surface area contributed by atoms with E-state index in [1.165, 1.54) is 10.5 Å². The van der Waals surface area contributed by atoms with Gasteiger partial charge in [0.2, 0.25) is 17.7 Å². The Morgan fingerprint density at radius 1 is 0.868 bits per heavy atom. The number of amides is 3. The van der Waals surface area contributed by atoms with Gasteiger partial charge in [-0.1, -0.05) is 68.4 Å². The summed E-state index contributed by atoms with van der Waals surface area (Å²) in [6, 6.07) is 16.8. The number of piperidine rings is 1.